The van der Waals surface area contributed by atoms with Crippen LogP contribution < -0.4 is 0 Å². The zero-order chi connectivity index (χ0) is 27.1. The number of carbonyl (C=O) groups excluding carboxylic acids is 1. The molecule has 1 heterocycles. The molecular weight excluding hydrogens is 559 g/mol. The second-order valence-electron chi connectivity index (χ2n) is 9.75. The lowest BCUT2D eigenvalue weighted by atomic mass is 9.85. The van der Waals surface area contributed by atoms with E-state index in [2.05, 4.69) is 0 Å². The van der Waals surface area contributed by atoms with Crippen molar-refractivity contribution in [3.8, 4) is 0 Å². The molecule has 7 atom stereocenters. The van der Waals surface area contributed by atoms with Gasteiger partial charge < -0.3 is 25.2 Å². The number of aliphatic hydroxyl groups is 4. The van der Waals surface area contributed by atoms with Gasteiger partial charge in [0.05, 0.1) is 12.2 Å². The topological polar surface area (TPSA) is 107 Å². The van der Waals surface area contributed by atoms with Crippen LogP contribution in [0.4, 0.5) is 0 Å². The van der Waals surface area contributed by atoms with Crippen LogP contribution in [0.1, 0.15) is 59.1 Å². The zero-order valence-corrected chi connectivity index (χ0v) is 23.8. The highest BCUT2D eigenvalue weighted by molar-refractivity contribution is 7.13. The molecule has 0 radical (unpaired) electrons. The van der Waals surface area contributed by atoms with Crippen LogP contribution in [0.15, 0.2) is 30.3 Å². The largest absolute Gasteiger partial charge is 0.459 e. The molecule has 10 heteroatoms. The molecule has 1 aromatic heterocycles. The molecule has 37 heavy (non-hydrogen) atoms. The molecule has 1 aliphatic rings. The average Bonchev–Trinajstić information content (AvgIpc) is 3.43. The molecule has 0 bridgehead atoms. The highest BCUT2D eigenvalue weighted by Gasteiger charge is 2.40. The Morgan fingerprint density at radius 2 is 1.76 bits per heavy atom. The van der Waals surface area contributed by atoms with Gasteiger partial charge >= 0.3 is 5.97 Å². The number of carbonyl (C=O) groups is 1. The Kier molecular flexibility index (Phi) is 12.0. The third kappa shape index (κ3) is 8.80. The third-order valence-corrected chi connectivity index (χ3v) is 9.14. The Morgan fingerprint density at radius 1 is 1.05 bits per heavy atom. The van der Waals surface area contributed by atoms with Gasteiger partial charge in [-0.05, 0) is 92.7 Å². The minimum Gasteiger partial charge on any atom is -0.459 e. The van der Waals surface area contributed by atoms with E-state index in [9.17, 15) is 25.2 Å². The number of benzene rings is 1. The summed E-state index contributed by atoms with van der Waals surface area (Å²) < 4.78 is 5.11. The molecule has 1 fully saturated rings. The molecule has 1 aliphatic carbocycles. The fraction of sp³-hybridized carbons (Fsp3) is 0.593. The lowest BCUT2D eigenvalue weighted by Gasteiger charge is -2.23. The van der Waals surface area contributed by atoms with Gasteiger partial charge in [0.15, 0.2) is 0 Å². The number of esters is 1. The van der Waals surface area contributed by atoms with Gasteiger partial charge in [0.2, 0.25) is 0 Å². The first-order valence-electron chi connectivity index (χ1n) is 12.7. The summed E-state index contributed by atoms with van der Waals surface area (Å²) in [6.45, 7) is 1.29. The molecular formula is C27H35Cl3O6S. The molecule has 3 rings (SSSR count). The molecule has 0 saturated heterocycles. The molecule has 1 saturated carbocycles. The summed E-state index contributed by atoms with van der Waals surface area (Å²) in [5.74, 6) is -0.279. The Balaban J connectivity index is 1.47. The van der Waals surface area contributed by atoms with Crippen molar-refractivity contribution in [2.75, 3.05) is 6.61 Å². The number of aryl methyl sites for hydroxylation is 2. The van der Waals surface area contributed by atoms with Crippen LogP contribution in [0.2, 0.25) is 10.0 Å². The van der Waals surface area contributed by atoms with Gasteiger partial charge in [-0.15, -0.1) is 22.9 Å². The first kappa shape index (κ1) is 30.6. The average molecular weight is 594 g/mol. The molecule has 1 aromatic carbocycles. The number of halogens is 3. The lowest BCUT2D eigenvalue weighted by Crippen LogP contribution is -2.40. The molecule has 0 aliphatic heterocycles. The first-order chi connectivity index (χ1) is 17.6. The van der Waals surface area contributed by atoms with Crippen molar-refractivity contribution in [1.29, 1.82) is 0 Å². The van der Waals surface area contributed by atoms with Crippen LogP contribution in [0.3, 0.4) is 0 Å². The molecule has 4 N–H and O–H groups in total. The summed E-state index contributed by atoms with van der Waals surface area (Å²) in [5.41, 5.74) is 1.04. The monoisotopic (exact) mass is 592 g/mol. The van der Waals surface area contributed by atoms with Gasteiger partial charge in [0, 0.05) is 20.3 Å². The van der Waals surface area contributed by atoms with Crippen LogP contribution >= 0.6 is 46.1 Å². The predicted molar refractivity (Wildman–Crippen MR) is 148 cm³/mol. The first-order valence-corrected chi connectivity index (χ1v) is 14.7. The summed E-state index contributed by atoms with van der Waals surface area (Å²) >= 11 is 20.2. The van der Waals surface area contributed by atoms with E-state index in [4.69, 9.17) is 39.5 Å². The SMILES string of the molecule is CC[C@@H](O)[C@@H](O)[C@H](O)COC(=O)c1ccc(CCC[C@@H]2[C@@H](CCc3cc(Cl)cc(Cl)c3)[C@H](O)C[C@H]2Cl)s1. The Hall–Kier alpha value is -0.900. The highest BCUT2D eigenvalue weighted by Crippen LogP contribution is 2.42. The van der Waals surface area contributed by atoms with Gasteiger partial charge in [-0.2, -0.15) is 0 Å². The summed E-state index contributed by atoms with van der Waals surface area (Å²) in [5, 5.41) is 41.1. The third-order valence-electron chi connectivity index (χ3n) is 7.08. The van der Waals surface area contributed by atoms with Crippen molar-refractivity contribution in [2.45, 2.75) is 81.7 Å². The number of alkyl halides is 1. The smallest absolute Gasteiger partial charge is 0.348 e. The van der Waals surface area contributed by atoms with Crippen LogP contribution in [0.5, 0.6) is 0 Å². The van der Waals surface area contributed by atoms with Crippen molar-refractivity contribution in [3.63, 3.8) is 0 Å². The quantitative estimate of drug-likeness (QED) is 0.186. The molecule has 6 nitrogen and oxygen atoms in total. The number of rotatable bonds is 13. The number of hydrogen-bond acceptors (Lipinski definition) is 7. The van der Waals surface area contributed by atoms with E-state index in [0.717, 1.165) is 42.5 Å². The molecule has 0 unspecified atom stereocenters. The van der Waals surface area contributed by atoms with Crippen molar-refractivity contribution in [1.82, 2.24) is 0 Å². The highest BCUT2D eigenvalue weighted by atomic mass is 35.5. The van der Waals surface area contributed by atoms with Crippen LogP contribution in [-0.2, 0) is 17.6 Å². The molecule has 0 amide bonds. The maximum atomic E-state index is 12.3. The van der Waals surface area contributed by atoms with Crippen molar-refractivity contribution in [2.24, 2.45) is 11.8 Å². The van der Waals surface area contributed by atoms with Crippen LogP contribution in [-0.4, -0.2) is 62.8 Å². The standard InChI is InChI=1S/C27H35Cl3O6S/c1-2-22(31)26(34)24(33)14-36-27(35)25-9-7-18(37-25)4-3-5-19-20(23(32)13-21(19)30)8-6-15-10-16(28)12-17(29)11-15/h7,9-12,19-24,26,31-34H,2-6,8,13-14H2,1H3/t19-,20-,21-,22-,23-,24-,26-/m1/s1. The predicted octanol–water partition coefficient (Wildman–Crippen LogP) is 5.26. The normalized spacial score (nSPS) is 24.1. The van der Waals surface area contributed by atoms with Crippen molar-refractivity contribution >= 4 is 52.1 Å². The number of ether oxygens (including phenoxy) is 1. The van der Waals surface area contributed by atoms with Gasteiger partial charge in [-0.1, -0.05) is 30.1 Å². The molecule has 2 aromatic rings. The second kappa shape index (κ2) is 14.5. The van der Waals surface area contributed by atoms with Crippen LogP contribution in [0, 0.1) is 11.8 Å². The summed E-state index contributed by atoms with van der Waals surface area (Å²) in [7, 11) is 0. The van der Waals surface area contributed by atoms with Gasteiger partial charge in [0.25, 0.3) is 0 Å². The van der Waals surface area contributed by atoms with E-state index in [0.29, 0.717) is 21.3 Å². The van der Waals surface area contributed by atoms with E-state index < -0.39 is 37.0 Å². The van der Waals surface area contributed by atoms with Crippen LogP contribution in [0.25, 0.3) is 0 Å². The molecule has 0 spiro atoms. The molecule has 206 valence electrons. The second-order valence-corrected chi connectivity index (χ2v) is 12.4. The summed E-state index contributed by atoms with van der Waals surface area (Å²) in [6, 6.07) is 9.08. The summed E-state index contributed by atoms with van der Waals surface area (Å²) in [4.78, 5) is 13.8. The van der Waals surface area contributed by atoms with E-state index in [1.165, 1.54) is 11.3 Å². The van der Waals surface area contributed by atoms with E-state index in [1.807, 2.05) is 18.2 Å². The lowest BCUT2D eigenvalue weighted by molar-refractivity contribution is -0.0802. The summed E-state index contributed by atoms with van der Waals surface area (Å²) in [6.07, 6.45) is 0.704. The van der Waals surface area contributed by atoms with Gasteiger partial charge in [0.1, 0.15) is 23.7 Å². The van der Waals surface area contributed by atoms with E-state index in [1.54, 1.807) is 19.1 Å². The van der Waals surface area contributed by atoms with Crippen molar-refractivity contribution in [3.05, 3.63) is 55.7 Å². The minimum atomic E-state index is -1.37. The Labute approximate surface area is 237 Å². The minimum absolute atomic E-state index is 0.0789. The van der Waals surface area contributed by atoms with Gasteiger partial charge in [-0.3, -0.25) is 0 Å². The fourth-order valence-corrected chi connectivity index (χ4v) is 7.00. The maximum absolute atomic E-state index is 12.3. The zero-order valence-electron chi connectivity index (χ0n) is 20.7. The maximum Gasteiger partial charge on any atom is 0.348 e. The van der Waals surface area contributed by atoms with E-state index in [-0.39, 0.29) is 23.6 Å². The number of thiophene rings is 1. The number of hydrogen-bond donors (Lipinski definition) is 4. The van der Waals surface area contributed by atoms with Gasteiger partial charge in [-0.25, -0.2) is 4.79 Å². The van der Waals surface area contributed by atoms with Crippen molar-refractivity contribution < 1.29 is 30.0 Å². The Bertz CT molecular complexity index is 998. The fourth-order valence-electron chi connectivity index (χ4n) is 4.99. The number of aliphatic hydroxyl groups excluding tert-OH is 4. The Morgan fingerprint density at radius 3 is 2.43 bits per heavy atom. The van der Waals surface area contributed by atoms with E-state index >= 15 is 0 Å².